The molecule has 0 bridgehead atoms. The summed E-state index contributed by atoms with van der Waals surface area (Å²) in [4.78, 5) is 0. The van der Waals surface area contributed by atoms with Crippen molar-refractivity contribution >= 4 is 0 Å². The van der Waals surface area contributed by atoms with Crippen LogP contribution >= 0.6 is 0 Å². The first kappa shape index (κ1) is 28.6. The maximum absolute atomic E-state index is 3.18. The molecule has 0 radical (unpaired) electrons. The molecule has 0 aliphatic carbocycles. The third-order valence-electron chi connectivity index (χ3n) is 3.61. The van der Waals surface area contributed by atoms with Crippen molar-refractivity contribution in [1.82, 2.24) is 0 Å². The van der Waals surface area contributed by atoms with Crippen LogP contribution in [0.5, 0.6) is 0 Å². The molecule has 0 aliphatic rings. The van der Waals surface area contributed by atoms with Crippen LogP contribution in [0.15, 0.2) is 24.3 Å². The molecule has 0 saturated heterocycles. The van der Waals surface area contributed by atoms with Crippen molar-refractivity contribution in [3.8, 4) is 11.8 Å². The highest BCUT2D eigenvalue weighted by Crippen LogP contribution is 2.07. The van der Waals surface area contributed by atoms with Gasteiger partial charge in [-0.25, -0.2) is 0 Å². The molecule has 0 unspecified atom stereocenters. The van der Waals surface area contributed by atoms with E-state index in [2.05, 4.69) is 84.6 Å². The van der Waals surface area contributed by atoms with Crippen LogP contribution in [0.2, 0.25) is 0 Å². The van der Waals surface area contributed by atoms with Crippen molar-refractivity contribution < 1.29 is 0 Å². The standard InChI is InChI=1S/C15H20.C6H14.2C2H6/c1-4-5-6-14-9-11-15(12-10-14)8-7-13(2)3;1-5(2)6(3)4;2*1-2/h9-13H,4-6H2,1-3H3;5-6H,1-4H3;2*1-2H3. The highest BCUT2D eigenvalue weighted by atomic mass is 14.0. The van der Waals surface area contributed by atoms with Crippen LogP contribution in [-0.2, 0) is 6.42 Å². The van der Waals surface area contributed by atoms with E-state index in [0.717, 1.165) is 17.4 Å². The lowest BCUT2D eigenvalue weighted by atomic mass is 10.0. The van der Waals surface area contributed by atoms with Gasteiger partial charge in [0.05, 0.1) is 0 Å². The first-order valence-electron chi connectivity index (χ1n) is 10.5. The van der Waals surface area contributed by atoms with Gasteiger partial charge < -0.3 is 0 Å². The molecular formula is C25H46. The number of hydrogen-bond acceptors (Lipinski definition) is 0. The summed E-state index contributed by atoms with van der Waals surface area (Å²) in [7, 11) is 0. The zero-order chi connectivity index (χ0) is 20.3. The summed E-state index contributed by atoms with van der Waals surface area (Å²) in [6.45, 7) is 23.4. The zero-order valence-electron chi connectivity index (χ0n) is 19.2. The molecule has 0 heterocycles. The van der Waals surface area contributed by atoms with Crippen LogP contribution in [0.25, 0.3) is 0 Å². The molecule has 0 nitrogen and oxygen atoms in total. The van der Waals surface area contributed by atoms with Crippen LogP contribution in [0.4, 0.5) is 0 Å². The van der Waals surface area contributed by atoms with Crippen molar-refractivity contribution in [1.29, 1.82) is 0 Å². The van der Waals surface area contributed by atoms with Crippen LogP contribution in [0.1, 0.15) is 100 Å². The highest BCUT2D eigenvalue weighted by molar-refractivity contribution is 5.36. The van der Waals surface area contributed by atoms with Gasteiger partial charge in [0.15, 0.2) is 0 Å². The molecule has 1 aromatic rings. The Labute approximate surface area is 160 Å². The third-order valence-corrected chi connectivity index (χ3v) is 3.61. The zero-order valence-corrected chi connectivity index (χ0v) is 19.2. The lowest BCUT2D eigenvalue weighted by molar-refractivity contribution is 0.457. The minimum Gasteiger partial charge on any atom is -0.0951 e. The Morgan fingerprint density at radius 3 is 1.52 bits per heavy atom. The second-order valence-electron chi connectivity index (χ2n) is 6.71. The van der Waals surface area contributed by atoms with Crippen LogP contribution in [-0.4, -0.2) is 0 Å². The molecule has 0 saturated carbocycles. The first-order valence-corrected chi connectivity index (χ1v) is 10.5. The van der Waals surface area contributed by atoms with Crippen molar-refractivity contribution in [3.63, 3.8) is 0 Å². The van der Waals surface area contributed by atoms with E-state index in [1.165, 1.54) is 24.8 Å². The molecular weight excluding hydrogens is 300 g/mol. The van der Waals surface area contributed by atoms with Gasteiger partial charge in [-0.2, -0.15) is 0 Å². The van der Waals surface area contributed by atoms with E-state index in [4.69, 9.17) is 0 Å². The fourth-order valence-corrected chi connectivity index (χ4v) is 1.36. The van der Waals surface area contributed by atoms with Gasteiger partial charge in [-0.05, 0) is 42.4 Å². The molecule has 0 fully saturated rings. The fourth-order valence-electron chi connectivity index (χ4n) is 1.36. The topological polar surface area (TPSA) is 0 Å². The van der Waals surface area contributed by atoms with Gasteiger partial charge in [0.25, 0.3) is 0 Å². The van der Waals surface area contributed by atoms with E-state index >= 15 is 0 Å². The Hall–Kier alpha value is -1.22. The van der Waals surface area contributed by atoms with E-state index < -0.39 is 0 Å². The summed E-state index contributed by atoms with van der Waals surface area (Å²) >= 11 is 0. The summed E-state index contributed by atoms with van der Waals surface area (Å²) in [6, 6.07) is 8.64. The van der Waals surface area contributed by atoms with E-state index in [-0.39, 0.29) is 0 Å². The molecule has 1 aromatic carbocycles. The maximum Gasteiger partial charge on any atom is 0.0245 e. The quantitative estimate of drug-likeness (QED) is 0.480. The van der Waals surface area contributed by atoms with Crippen molar-refractivity contribution in [2.45, 2.75) is 95.4 Å². The SMILES string of the molecule is CC.CC.CC(C)C(C)C.CCCCc1ccc(C#CC(C)C)cc1. The molecule has 0 atom stereocenters. The van der Waals surface area contributed by atoms with Gasteiger partial charge in [-0.3, -0.25) is 0 Å². The monoisotopic (exact) mass is 346 g/mol. The summed E-state index contributed by atoms with van der Waals surface area (Å²) in [5.74, 6) is 8.50. The normalized spacial score (nSPS) is 9.04. The molecule has 1 rings (SSSR count). The van der Waals surface area contributed by atoms with Crippen LogP contribution in [0, 0.1) is 29.6 Å². The molecule has 0 spiro atoms. The predicted molar refractivity (Wildman–Crippen MR) is 119 cm³/mol. The van der Waals surface area contributed by atoms with E-state index in [1.54, 1.807) is 0 Å². The predicted octanol–water partition coefficient (Wildman–Crippen LogP) is 8.39. The Morgan fingerprint density at radius 1 is 0.760 bits per heavy atom. The highest BCUT2D eigenvalue weighted by Gasteiger charge is 1.95. The Morgan fingerprint density at radius 2 is 1.20 bits per heavy atom. The largest absolute Gasteiger partial charge is 0.0951 e. The molecule has 0 amide bonds. The van der Waals surface area contributed by atoms with Crippen LogP contribution in [0.3, 0.4) is 0 Å². The second kappa shape index (κ2) is 20.8. The summed E-state index contributed by atoms with van der Waals surface area (Å²) < 4.78 is 0. The molecule has 0 heteroatoms. The van der Waals surface area contributed by atoms with E-state index in [9.17, 15) is 0 Å². The Bertz CT molecular complexity index is 404. The summed E-state index contributed by atoms with van der Waals surface area (Å²) in [6.07, 6.45) is 3.72. The van der Waals surface area contributed by atoms with E-state index in [0.29, 0.717) is 5.92 Å². The average Bonchev–Trinajstić information content (AvgIpc) is 2.63. The van der Waals surface area contributed by atoms with Gasteiger partial charge in [-0.15, -0.1) is 0 Å². The minimum atomic E-state index is 0.449. The first-order chi connectivity index (χ1) is 11.9. The van der Waals surface area contributed by atoms with Crippen molar-refractivity contribution in [2.24, 2.45) is 17.8 Å². The average molecular weight is 347 g/mol. The van der Waals surface area contributed by atoms with Gasteiger partial charge in [-0.1, -0.05) is 107 Å². The second-order valence-corrected chi connectivity index (χ2v) is 6.71. The smallest absolute Gasteiger partial charge is 0.0245 e. The number of unbranched alkanes of at least 4 members (excludes halogenated alkanes) is 1. The van der Waals surface area contributed by atoms with E-state index in [1.807, 2.05) is 27.7 Å². The molecule has 0 N–H and O–H groups in total. The lowest BCUT2D eigenvalue weighted by Gasteiger charge is -2.05. The third kappa shape index (κ3) is 20.7. The van der Waals surface area contributed by atoms with Crippen molar-refractivity contribution in [2.75, 3.05) is 0 Å². The number of rotatable bonds is 4. The van der Waals surface area contributed by atoms with Gasteiger partial charge in [0.2, 0.25) is 0 Å². The summed E-state index contributed by atoms with van der Waals surface area (Å²) in [5.41, 5.74) is 2.55. The van der Waals surface area contributed by atoms with Crippen molar-refractivity contribution in [3.05, 3.63) is 35.4 Å². The van der Waals surface area contributed by atoms with Gasteiger partial charge >= 0.3 is 0 Å². The molecule has 0 aliphatic heterocycles. The fraction of sp³-hybridized carbons (Fsp3) is 0.680. The number of benzene rings is 1. The molecule has 0 aromatic heterocycles. The molecule has 25 heavy (non-hydrogen) atoms. The van der Waals surface area contributed by atoms with Crippen LogP contribution < -0.4 is 0 Å². The number of aryl methyl sites for hydroxylation is 1. The Balaban J connectivity index is -0.000000407. The summed E-state index contributed by atoms with van der Waals surface area (Å²) in [5, 5.41) is 0. The number of hydrogen-bond donors (Lipinski definition) is 0. The minimum absolute atomic E-state index is 0.449. The van der Waals surface area contributed by atoms with Gasteiger partial charge in [0.1, 0.15) is 0 Å². The lowest BCUT2D eigenvalue weighted by Crippen LogP contribution is -1.95. The molecule has 146 valence electrons. The Kier molecular flexibility index (Phi) is 23.8. The van der Waals surface area contributed by atoms with Gasteiger partial charge in [0, 0.05) is 11.5 Å². The maximum atomic E-state index is 3.18.